The van der Waals surface area contributed by atoms with Crippen molar-refractivity contribution < 1.29 is 9.18 Å². The number of hydrogen-bond acceptors (Lipinski definition) is 3. The molecule has 3 N–H and O–H groups in total. The van der Waals surface area contributed by atoms with Crippen LogP contribution in [0.25, 0.3) is 11.0 Å². The Morgan fingerprint density at radius 3 is 2.40 bits per heavy atom. The van der Waals surface area contributed by atoms with Crippen LogP contribution in [0, 0.1) is 5.82 Å². The minimum atomic E-state index is -0.583. The van der Waals surface area contributed by atoms with Crippen molar-refractivity contribution in [2.75, 3.05) is 23.3 Å². The summed E-state index contributed by atoms with van der Waals surface area (Å²) in [5.41, 5.74) is 2.14. The van der Waals surface area contributed by atoms with Crippen molar-refractivity contribution in [3.8, 4) is 0 Å². The molecule has 7 heteroatoms. The van der Waals surface area contributed by atoms with Gasteiger partial charge in [0.1, 0.15) is 5.82 Å². The van der Waals surface area contributed by atoms with Crippen molar-refractivity contribution >= 4 is 28.3 Å². The predicted octanol–water partition coefficient (Wildman–Crippen LogP) is 3.09. The Morgan fingerprint density at radius 1 is 1.12 bits per heavy atom. The quantitative estimate of drug-likeness (QED) is 0.666. The van der Waals surface area contributed by atoms with E-state index in [1.807, 2.05) is 18.7 Å². The van der Waals surface area contributed by atoms with E-state index < -0.39 is 11.7 Å². The number of benzene rings is 2. The van der Waals surface area contributed by atoms with E-state index in [0.29, 0.717) is 16.7 Å². The van der Waals surface area contributed by atoms with Crippen molar-refractivity contribution in [1.82, 2.24) is 9.97 Å². The maximum Gasteiger partial charge on any atom is 0.323 e. The summed E-state index contributed by atoms with van der Waals surface area (Å²) in [6.45, 7) is 5.44. The summed E-state index contributed by atoms with van der Waals surface area (Å²) in [5, 5.41) is 2.76. The number of anilines is 2. The summed E-state index contributed by atoms with van der Waals surface area (Å²) >= 11 is 0. The fourth-order valence-corrected chi connectivity index (χ4v) is 2.83. The fourth-order valence-electron chi connectivity index (χ4n) is 2.83. The van der Waals surface area contributed by atoms with Crippen LogP contribution in [0.4, 0.5) is 15.8 Å². The fraction of sp³-hybridized carbons (Fsp3) is 0.222. The van der Waals surface area contributed by atoms with Crippen LogP contribution in [-0.4, -0.2) is 29.0 Å². The second-order valence-corrected chi connectivity index (χ2v) is 5.60. The number of halogens is 1. The van der Waals surface area contributed by atoms with Gasteiger partial charge < -0.3 is 20.2 Å². The zero-order valence-electron chi connectivity index (χ0n) is 14.0. The summed E-state index contributed by atoms with van der Waals surface area (Å²) in [7, 11) is 0. The number of amides is 1. The number of nitrogens with one attached hydrogen (secondary N) is 3. The highest BCUT2D eigenvalue weighted by Crippen LogP contribution is 2.30. The molecule has 0 saturated heterocycles. The topological polar surface area (TPSA) is 81.0 Å². The normalized spacial score (nSPS) is 10.8. The molecule has 0 aliphatic carbocycles. The number of aromatic amines is 2. The van der Waals surface area contributed by atoms with Gasteiger partial charge in [0.15, 0.2) is 0 Å². The van der Waals surface area contributed by atoms with Crippen LogP contribution < -0.4 is 15.9 Å². The molecule has 0 saturated carbocycles. The Hall–Kier alpha value is -3.09. The molecular formula is C18H19FN4O2. The zero-order chi connectivity index (χ0) is 18.0. The smallest absolute Gasteiger partial charge is 0.323 e. The number of fused-ring (bicyclic) bond motifs is 1. The molecule has 6 nitrogen and oxygen atoms in total. The van der Waals surface area contributed by atoms with Crippen LogP contribution in [0.15, 0.2) is 41.2 Å². The maximum atomic E-state index is 13.9. The average Bonchev–Trinajstić information content (AvgIpc) is 2.95. The number of H-pyrrole nitrogens is 2. The van der Waals surface area contributed by atoms with Gasteiger partial charge in [-0.3, -0.25) is 4.79 Å². The monoisotopic (exact) mass is 342 g/mol. The molecule has 25 heavy (non-hydrogen) atoms. The Balaban J connectivity index is 2.06. The van der Waals surface area contributed by atoms with Crippen molar-refractivity contribution in [3.63, 3.8) is 0 Å². The van der Waals surface area contributed by atoms with E-state index in [9.17, 15) is 14.0 Å². The molecule has 1 aromatic heterocycles. The second kappa shape index (κ2) is 6.80. The molecule has 0 spiro atoms. The largest absolute Gasteiger partial charge is 0.370 e. The number of imidazole rings is 1. The highest BCUT2D eigenvalue weighted by atomic mass is 19.1. The van der Waals surface area contributed by atoms with Gasteiger partial charge >= 0.3 is 5.69 Å². The van der Waals surface area contributed by atoms with E-state index in [1.54, 1.807) is 18.2 Å². The van der Waals surface area contributed by atoms with Crippen molar-refractivity contribution in [3.05, 3.63) is 58.3 Å². The van der Waals surface area contributed by atoms with E-state index in [0.717, 1.165) is 18.8 Å². The number of hydrogen-bond donors (Lipinski definition) is 3. The minimum absolute atomic E-state index is 0.0318. The predicted molar refractivity (Wildman–Crippen MR) is 96.8 cm³/mol. The van der Waals surface area contributed by atoms with E-state index in [1.165, 1.54) is 18.2 Å². The summed E-state index contributed by atoms with van der Waals surface area (Å²) in [4.78, 5) is 31.5. The third kappa shape index (κ3) is 3.26. The third-order valence-corrected chi connectivity index (χ3v) is 4.10. The summed E-state index contributed by atoms with van der Waals surface area (Å²) < 4.78 is 13.9. The molecule has 0 unspecified atom stereocenters. The van der Waals surface area contributed by atoms with E-state index in [-0.39, 0.29) is 11.3 Å². The molecular weight excluding hydrogens is 323 g/mol. The standard InChI is InChI=1S/C18H19FN4O2/c1-3-23(4-2)16-10-14-13(21-18(25)22-14)9-15(16)20-17(24)11-7-5-6-8-12(11)19/h5-10H,3-4H2,1-2H3,(H,20,24)(H2,21,22,25). The molecule has 1 heterocycles. The highest BCUT2D eigenvalue weighted by Gasteiger charge is 2.17. The van der Waals surface area contributed by atoms with Crippen LogP contribution in [0.3, 0.4) is 0 Å². The Kier molecular flexibility index (Phi) is 4.56. The van der Waals surface area contributed by atoms with Crippen molar-refractivity contribution in [2.24, 2.45) is 0 Å². The lowest BCUT2D eigenvalue weighted by atomic mass is 10.1. The van der Waals surface area contributed by atoms with Gasteiger partial charge in [-0.05, 0) is 38.1 Å². The highest BCUT2D eigenvalue weighted by molar-refractivity contribution is 6.07. The van der Waals surface area contributed by atoms with Crippen LogP contribution in [0.2, 0.25) is 0 Å². The van der Waals surface area contributed by atoms with Gasteiger partial charge in [0.05, 0.1) is 28.0 Å². The molecule has 0 bridgehead atoms. The van der Waals surface area contributed by atoms with Crippen LogP contribution in [0.1, 0.15) is 24.2 Å². The number of nitrogens with zero attached hydrogens (tertiary/aromatic N) is 1. The Bertz CT molecular complexity index is 973. The minimum Gasteiger partial charge on any atom is -0.370 e. The molecule has 0 radical (unpaired) electrons. The summed E-state index contributed by atoms with van der Waals surface area (Å²) in [6.07, 6.45) is 0. The molecule has 1 amide bonds. The molecule has 0 aliphatic rings. The van der Waals surface area contributed by atoms with E-state index in [4.69, 9.17) is 0 Å². The maximum absolute atomic E-state index is 13.9. The first-order chi connectivity index (χ1) is 12.0. The van der Waals surface area contributed by atoms with E-state index >= 15 is 0 Å². The second-order valence-electron chi connectivity index (χ2n) is 5.60. The first-order valence-corrected chi connectivity index (χ1v) is 8.10. The number of rotatable bonds is 5. The number of carbonyl (C=O) groups is 1. The Labute approximate surface area is 143 Å². The molecule has 130 valence electrons. The molecule has 0 atom stereocenters. The van der Waals surface area contributed by atoms with Gasteiger partial charge in [-0.25, -0.2) is 9.18 Å². The number of carbonyl (C=O) groups excluding carboxylic acids is 1. The zero-order valence-corrected chi connectivity index (χ0v) is 14.0. The van der Waals surface area contributed by atoms with Crippen LogP contribution in [0.5, 0.6) is 0 Å². The molecule has 3 aromatic rings. The van der Waals surface area contributed by atoms with Crippen molar-refractivity contribution in [2.45, 2.75) is 13.8 Å². The molecule has 0 aliphatic heterocycles. The first kappa shape index (κ1) is 16.8. The van der Waals surface area contributed by atoms with Gasteiger partial charge in [0.2, 0.25) is 0 Å². The molecule has 3 rings (SSSR count). The lowest BCUT2D eigenvalue weighted by molar-refractivity contribution is 0.102. The SMILES string of the molecule is CCN(CC)c1cc2[nH]c(=O)[nH]c2cc1NC(=O)c1ccccc1F. The van der Waals surface area contributed by atoms with E-state index in [2.05, 4.69) is 15.3 Å². The third-order valence-electron chi connectivity index (χ3n) is 4.10. The van der Waals surface area contributed by atoms with Gasteiger partial charge in [-0.1, -0.05) is 12.1 Å². The van der Waals surface area contributed by atoms with Crippen LogP contribution >= 0.6 is 0 Å². The molecule has 2 aromatic carbocycles. The van der Waals surface area contributed by atoms with Crippen molar-refractivity contribution in [1.29, 1.82) is 0 Å². The van der Waals surface area contributed by atoms with Gasteiger partial charge in [-0.15, -0.1) is 0 Å². The number of aromatic nitrogens is 2. The van der Waals surface area contributed by atoms with Gasteiger partial charge in [0, 0.05) is 13.1 Å². The lowest BCUT2D eigenvalue weighted by Crippen LogP contribution is -2.24. The van der Waals surface area contributed by atoms with Crippen LogP contribution in [-0.2, 0) is 0 Å². The first-order valence-electron chi connectivity index (χ1n) is 8.10. The average molecular weight is 342 g/mol. The summed E-state index contributed by atoms with van der Waals surface area (Å²) in [6, 6.07) is 9.29. The van der Waals surface area contributed by atoms with Gasteiger partial charge in [0.25, 0.3) is 5.91 Å². The summed E-state index contributed by atoms with van der Waals surface area (Å²) in [5.74, 6) is -1.12. The molecule has 0 fully saturated rings. The lowest BCUT2D eigenvalue weighted by Gasteiger charge is -2.24. The van der Waals surface area contributed by atoms with Gasteiger partial charge in [-0.2, -0.15) is 0 Å². The Morgan fingerprint density at radius 2 is 1.76 bits per heavy atom.